The van der Waals surface area contributed by atoms with E-state index in [4.69, 9.17) is 10.5 Å². The summed E-state index contributed by atoms with van der Waals surface area (Å²) in [5.74, 6) is -0.335. The molecule has 1 fully saturated rings. The van der Waals surface area contributed by atoms with Crippen LogP contribution in [0.3, 0.4) is 0 Å². The van der Waals surface area contributed by atoms with E-state index in [-0.39, 0.29) is 18.7 Å². The van der Waals surface area contributed by atoms with E-state index in [1.807, 2.05) is 0 Å². The van der Waals surface area contributed by atoms with Crippen molar-refractivity contribution in [2.75, 3.05) is 13.2 Å². The summed E-state index contributed by atoms with van der Waals surface area (Å²) in [4.78, 5) is 24.0. The molecule has 1 aliphatic rings. The van der Waals surface area contributed by atoms with Crippen molar-refractivity contribution in [1.29, 1.82) is 0 Å². The number of esters is 1. The summed E-state index contributed by atoms with van der Waals surface area (Å²) < 4.78 is 4.91. The van der Waals surface area contributed by atoms with Gasteiger partial charge in [0, 0.05) is 25.0 Å². The minimum absolute atomic E-state index is 0.0822. The highest BCUT2D eigenvalue weighted by Crippen LogP contribution is 2.12. The van der Waals surface area contributed by atoms with E-state index in [1.54, 1.807) is 11.8 Å². The summed E-state index contributed by atoms with van der Waals surface area (Å²) in [5.41, 5.74) is 6.19. The minimum Gasteiger partial charge on any atom is -0.462 e. The van der Waals surface area contributed by atoms with Gasteiger partial charge < -0.3 is 15.4 Å². The molecule has 5 heteroatoms. The number of hydrogen-bond acceptors (Lipinski definition) is 4. The second kappa shape index (κ2) is 5.65. The molecule has 1 atom stereocenters. The number of ether oxygens (including phenoxy) is 1. The van der Waals surface area contributed by atoms with E-state index in [1.165, 1.54) is 0 Å². The van der Waals surface area contributed by atoms with Gasteiger partial charge in [-0.3, -0.25) is 4.79 Å². The summed E-state index contributed by atoms with van der Waals surface area (Å²) in [5, 5.41) is 0. The monoisotopic (exact) mass is 226 g/mol. The van der Waals surface area contributed by atoms with Gasteiger partial charge in [0.2, 0.25) is 5.91 Å². The minimum atomic E-state index is -0.417. The van der Waals surface area contributed by atoms with Crippen LogP contribution in [-0.4, -0.2) is 36.1 Å². The number of carbonyl (C=O) groups excluding carboxylic acids is 2. The zero-order chi connectivity index (χ0) is 12.1. The largest absolute Gasteiger partial charge is 0.462 e. The Kier molecular flexibility index (Phi) is 4.49. The third-order valence-electron chi connectivity index (χ3n) is 2.51. The van der Waals surface area contributed by atoms with Crippen molar-refractivity contribution in [3.8, 4) is 0 Å². The Balaban J connectivity index is 2.25. The van der Waals surface area contributed by atoms with Crippen molar-refractivity contribution in [2.24, 2.45) is 5.73 Å². The number of nitrogens with zero attached hydrogens (tertiary/aromatic N) is 1. The van der Waals surface area contributed by atoms with Gasteiger partial charge in [-0.05, 0) is 13.3 Å². The molecule has 16 heavy (non-hydrogen) atoms. The van der Waals surface area contributed by atoms with Crippen LogP contribution < -0.4 is 5.73 Å². The molecule has 0 aromatic carbocycles. The summed E-state index contributed by atoms with van der Waals surface area (Å²) in [6.07, 6.45) is 1.54. The Bertz CT molecular complexity index is 302. The molecule has 1 rings (SSSR count). The zero-order valence-electron chi connectivity index (χ0n) is 9.57. The highest BCUT2D eigenvalue weighted by atomic mass is 16.5. The number of rotatable bonds is 5. The Morgan fingerprint density at radius 1 is 1.69 bits per heavy atom. The summed E-state index contributed by atoms with van der Waals surface area (Å²) >= 11 is 0. The van der Waals surface area contributed by atoms with E-state index < -0.39 is 5.97 Å². The van der Waals surface area contributed by atoms with Crippen LogP contribution in [0, 0.1) is 0 Å². The topological polar surface area (TPSA) is 72.6 Å². The van der Waals surface area contributed by atoms with Crippen LogP contribution >= 0.6 is 0 Å². The van der Waals surface area contributed by atoms with Crippen LogP contribution in [0.4, 0.5) is 0 Å². The maximum Gasteiger partial charge on any atom is 0.333 e. The van der Waals surface area contributed by atoms with E-state index in [0.717, 1.165) is 6.42 Å². The van der Waals surface area contributed by atoms with Crippen LogP contribution in [-0.2, 0) is 14.3 Å². The molecule has 5 nitrogen and oxygen atoms in total. The van der Waals surface area contributed by atoms with Gasteiger partial charge in [0.1, 0.15) is 0 Å². The lowest BCUT2D eigenvalue weighted by atomic mass is 10.3. The molecule has 90 valence electrons. The van der Waals surface area contributed by atoms with Crippen molar-refractivity contribution in [3.63, 3.8) is 0 Å². The van der Waals surface area contributed by atoms with Gasteiger partial charge in [0.05, 0.1) is 12.8 Å². The predicted molar refractivity (Wildman–Crippen MR) is 59.3 cm³/mol. The van der Waals surface area contributed by atoms with Crippen LogP contribution in [0.15, 0.2) is 12.2 Å². The average Bonchev–Trinajstić information content (AvgIpc) is 2.64. The fourth-order valence-electron chi connectivity index (χ4n) is 1.57. The molecule has 0 saturated carbocycles. The summed E-state index contributed by atoms with van der Waals surface area (Å²) in [7, 11) is 0. The highest BCUT2D eigenvalue weighted by molar-refractivity contribution is 5.86. The molecule has 0 radical (unpaired) electrons. The van der Waals surface area contributed by atoms with Crippen LogP contribution in [0.5, 0.6) is 0 Å². The zero-order valence-corrected chi connectivity index (χ0v) is 9.57. The lowest BCUT2D eigenvalue weighted by Crippen LogP contribution is -2.43. The molecule has 0 bridgehead atoms. The van der Waals surface area contributed by atoms with E-state index in [0.29, 0.717) is 25.0 Å². The van der Waals surface area contributed by atoms with E-state index in [2.05, 4.69) is 6.58 Å². The Morgan fingerprint density at radius 3 is 2.88 bits per heavy atom. The van der Waals surface area contributed by atoms with Gasteiger partial charge in [0.15, 0.2) is 0 Å². The molecule has 0 aromatic heterocycles. The molecular weight excluding hydrogens is 208 g/mol. The van der Waals surface area contributed by atoms with Crippen molar-refractivity contribution in [2.45, 2.75) is 32.4 Å². The Morgan fingerprint density at radius 2 is 2.38 bits per heavy atom. The molecular formula is C11H18N2O3. The number of hydrogen-bond donors (Lipinski definition) is 1. The molecule has 1 saturated heterocycles. The summed E-state index contributed by atoms with van der Waals surface area (Å²) in [6.45, 7) is 5.98. The fraction of sp³-hybridized carbons (Fsp3) is 0.636. The maximum atomic E-state index is 11.3. The Hall–Kier alpha value is -1.36. The van der Waals surface area contributed by atoms with Gasteiger partial charge in [-0.15, -0.1) is 0 Å². The SMILES string of the molecule is C=C(C)C(=O)OCCC(N)N1CCCC1=O. The fourth-order valence-corrected chi connectivity index (χ4v) is 1.57. The quantitative estimate of drug-likeness (QED) is 0.544. The average molecular weight is 226 g/mol. The van der Waals surface area contributed by atoms with Crippen LogP contribution in [0.1, 0.15) is 26.2 Å². The number of amides is 1. The van der Waals surface area contributed by atoms with Crippen molar-refractivity contribution < 1.29 is 14.3 Å². The van der Waals surface area contributed by atoms with Gasteiger partial charge >= 0.3 is 5.97 Å². The number of carbonyl (C=O) groups is 2. The molecule has 0 aromatic rings. The molecule has 0 aliphatic carbocycles. The normalized spacial score (nSPS) is 17.4. The first kappa shape index (κ1) is 12.7. The van der Waals surface area contributed by atoms with Gasteiger partial charge in [-0.1, -0.05) is 6.58 Å². The molecule has 0 spiro atoms. The highest BCUT2D eigenvalue weighted by Gasteiger charge is 2.25. The third kappa shape index (κ3) is 3.34. The summed E-state index contributed by atoms with van der Waals surface area (Å²) in [6, 6.07) is 0. The molecule has 2 N–H and O–H groups in total. The first-order valence-electron chi connectivity index (χ1n) is 5.40. The van der Waals surface area contributed by atoms with Gasteiger partial charge in [0.25, 0.3) is 0 Å². The lowest BCUT2D eigenvalue weighted by Gasteiger charge is -2.23. The Labute approximate surface area is 95.2 Å². The van der Waals surface area contributed by atoms with Crippen LogP contribution in [0.25, 0.3) is 0 Å². The molecule has 1 aliphatic heterocycles. The predicted octanol–water partition coefficient (Wildman–Crippen LogP) is 0.403. The second-order valence-electron chi connectivity index (χ2n) is 3.96. The molecule has 1 amide bonds. The number of nitrogens with two attached hydrogens (primary N) is 1. The van der Waals surface area contributed by atoms with Crippen molar-refractivity contribution in [1.82, 2.24) is 4.90 Å². The first-order valence-corrected chi connectivity index (χ1v) is 5.40. The van der Waals surface area contributed by atoms with E-state index >= 15 is 0 Å². The van der Waals surface area contributed by atoms with Gasteiger partial charge in [-0.25, -0.2) is 4.79 Å². The van der Waals surface area contributed by atoms with Crippen LogP contribution in [0.2, 0.25) is 0 Å². The third-order valence-corrected chi connectivity index (χ3v) is 2.51. The second-order valence-corrected chi connectivity index (χ2v) is 3.96. The van der Waals surface area contributed by atoms with E-state index in [9.17, 15) is 9.59 Å². The first-order chi connectivity index (χ1) is 7.52. The number of likely N-dealkylation sites (tertiary alicyclic amines) is 1. The maximum absolute atomic E-state index is 11.3. The van der Waals surface area contributed by atoms with Crippen molar-refractivity contribution in [3.05, 3.63) is 12.2 Å². The van der Waals surface area contributed by atoms with Gasteiger partial charge in [-0.2, -0.15) is 0 Å². The molecule has 1 unspecified atom stereocenters. The standard InChI is InChI=1S/C11H18N2O3/c1-8(2)11(15)16-7-5-9(12)13-6-3-4-10(13)14/h9H,1,3-7,12H2,2H3. The lowest BCUT2D eigenvalue weighted by molar-refractivity contribution is -0.139. The smallest absolute Gasteiger partial charge is 0.333 e. The van der Waals surface area contributed by atoms with Crippen molar-refractivity contribution >= 4 is 11.9 Å². The molecule has 1 heterocycles.